The number of nitrogens with one attached hydrogen (secondary N) is 2. The van der Waals surface area contributed by atoms with E-state index in [1.165, 1.54) is 32.0 Å². The Labute approximate surface area is 367 Å². The average molecular weight is 869 g/mol. The zero-order chi connectivity index (χ0) is 44.5. The summed E-state index contributed by atoms with van der Waals surface area (Å²) < 4.78 is 28.9. The first-order chi connectivity index (χ1) is 30.9. The standard InChI is InChI=1S/2C22H23FN8O/c1-13-17-10-26-22(21-24-5-3-6-25-21)28-18(17)4-7-31(13)20-9-16(8-19(23)29-20)30-11-15(12-30)27-14(2)32;1-13-17-10-26-22(21-24-5-3-6-25-21)28-18(17)4-7-31(13)20-9-15(23)8-19(29-20)30-11-16(12-30)27-14(2)32/h3,5-6,8-10,13,15H,4,7,11-12H2,1-2H3,(H,27,32);3,5-6,8-10,13,16H,4,7,11-12H2,1-2H3,(H,27,32). The fraction of sp³-hybridized carbons (Fsp3) is 0.364. The maximum Gasteiger partial charge on any atom is 0.217 e. The molecule has 4 aliphatic heterocycles. The maximum absolute atomic E-state index is 14.5. The summed E-state index contributed by atoms with van der Waals surface area (Å²) in [6, 6.07) is 9.78. The minimum absolute atomic E-state index is 0.0544. The van der Waals surface area contributed by atoms with Crippen LogP contribution in [-0.4, -0.2) is 113 Å². The van der Waals surface area contributed by atoms with Gasteiger partial charge in [0.05, 0.1) is 35.6 Å². The molecule has 18 nitrogen and oxygen atoms in total. The summed E-state index contributed by atoms with van der Waals surface area (Å²) in [6.07, 6.45) is 11.6. The Kier molecular flexibility index (Phi) is 11.6. The molecule has 2 unspecified atom stereocenters. The second-order valence-electron chi connectivity index (χ2n) is 16.2. The van der Waals surface area contributed by atoms with E-state index in [0.717, 1.165) is 28.2 Å². The summed E-state index contributed by atoms with van der Waals surface area (Å²) >= 11 is 0. The van der Waals surface area contributed by atoms with Gasteiger partial charge in [-0.1, -0.05) is 0 Å². The number of fused-ring (bicyclic) bond motifs is 2. The average Bonchev–Trinajstić information content (AvgIpc) is 3.26. The molecule has 4 aliphatic rings. The van der Waals surface area contributed by atoms with E-state index in [1.807, 2.05) is 29.7 Å². The first kappa shape index (κ1) is 41.9. The largest absolute Gasteiger partial charge is 0.367 e. The quantitative estimate of drug-likeness (QED) is 0.209. The van der Waals surface area contributed by atoms with E-state index in [1.54, 1.807) is 49.3 Å². The van der Waals surface area contributed by atoms with Crippen LogP contribution in [0.1, 0.15) is 62.3 Å². The predicted octanol–water partition coefficient (Wildman–Crippen LogP) is 3.83. The molecule has 0 radical (unpaired) electrons. The van der Waals surface area contributed by atoms with Crippen LogP contribution in [0.25, 0.3) is 23.3 Å². The molecule has 2 amide bonds. The summed E-state index contributed by atoms with van der Waals surface area (Å²) in [5.74, 6) is 2.76. The molecule has 0 spiro atoms. The van der Waals surface area contributed by atoms with E-state index >= 15 is 0 Å². The highest BCUT2D eigenvalue weighted by molar-refractivity contribution is 5.74. The van der Waals surface area contributed by atoms with Crippen LogP contribution in [-0.2, 0) is 22.4 Å². The number of rotatable bonds is 8. The van der Waals surface area contributed by atoms with Crippen LogP contribution in [0.3, 0.4) is 0 Å². The number of carbonyl (C=O) groups excluding carboxylic acids is 2. The Bertz CT molecular complexity index is 2490. The number of hydrogen-bond donors (Lipinski definition) is 2. The molecule has 0 bridgehead atoms. The highest BCUT2D eigenvalue weighted by atomic mass is 19.1. The van der Waals surface area contributed by atoms with Gasteiger partial charge in [-0.3, -0.25) is 9.59 Å². The number of nitrogens with zero attached hydrogens (tertiary/aromatic N) is 14. The zero-order valence-corrected chi connectivity index (χ0v) is 35.7. The van der Waals surface area contributed by atoms with E-state index < -0.39 is 5.95 Å². The lowest BCUT2D eigenvalue weighted by Gasteiger charge is -2.42. The van der Waals surface area contributed by atoms with E-state index in [2.05, 4.69) is 65.3 Å². The van der Waals surface area contributed by atoms with Gasteiger partial charge in [0.1, 0.15) is 23.3 Å². The molecule has 2 atom stereocenters. The minimum atomic E-state index is -0.522. The van der Waals surface area contributed by atoms with Gasteiger partial charge in [0.25, 0.3) is 0 Å². The van der Waals surface area contributed by atoms with Gasteiger partial charge >= 0.3 is 0 Å². The smallest absolute Gasteiger partial charge is 0.217 e. The van der Waals surface area contributed by atoms with Crippen LogP contribution in [0.15, 0.2) is 73.6 Å². The summed E-state index contributed by atoms with van der Waals surface area (Å²) in [6.45, 7) is 10.9. The van der Waals surface area contributed by atoms with Crippen molar-refractivity contribution in [1.82, 2.24) is 60.5 Å². The molecule has 0 aromatic carbocycles. The Balaban J connectivity index is 0.000000162. The first-order valence-electron chi connectivity index (χ1n) is 21.1. The number of halogens is 2. The second kappa shape index (κ2) is 17.8. The van der Waals surface area contributed by atoms with Crippen molar-refractivity contribution in [3.05, 3.63) is 108 Å². The Morgan fingerprint density at radius 1 is 0.578 bits per heavy atom. The number of anilines is 4. The van der Waals surface area contributed by atoms with Crippen LogP contribution in [0.2, 0.25) is 0 Å². The molecular weight excluding hydrogens is 823 g/mol. The van der Waals surface area contributed by atoms with Gasteiger partial charge in [-0.2, -0.15) is 4.39 Å². The lowest BCUT2D eigenvalue weighted by molar-refractivity contribution is -0.120. The monoisotopic (exact) mass is 868 g/mol. The molecule has 2 N–H and O–H groups in total. The molecule has 2 fully saturated rings. The molecule has 6 aromatic rings. The summed E-state index contributed by atoms with van der Waals surface area (Å²) in [7, 11) is 0. The molecule has 6 aromatic heterocycles. The highest BCUT2D eigenvalue weighted by Crippen LogP contribution is 2.36. The zero-order valence-electron chi connectivity index (χ0n) is 35.7. The number of amides is 2. The number of aromatic nitrogens is 10. The topological polar surface area (TPSA) is 200 Å². The van der Waals surface area contributed by atoms with E-state index in [-0.39, 0.29) is 41.8 Å². The molecule has 64 heavy (non-hydrogen) atoms. The van der Waals surface area contributed by atoms with Crippen molar-refractivity contribution in [1.29, 1.82) is 0 Å². The van der Waals surface area contributed by atoms with Gasteiger partial charge in [0, 0.05) is 144 Å². The fourth-order valence-corrected chi connectivity index (χ4v) is 8.49. The molecule has 10 rings (SSSR count). The number of pyridine rings is 2. The van der Waals surface area contributed by atoms with E-state index in [4.69, 9.17) is 4.98 Å². The van der Waals surface area contributed by atoms with Crippen molar-refractivity contribution >= 4 is 35.0 Å². The molecular formula is C44H46F2N16O2. The van der Waals surface area contributed by atoms with Gasteiger partial charge < -0.3 is 30.2 Å². The van der Waals surface area contributed by atoms with Gasteiger partial charge in [-0.05, 0) is 26.0 Å². The van der Waals surface area contributed by atoms with Crippen LogP contribution in [0.4, 0.5) is 31.9 Å². The third-order valence-electron chi connectivity index (χ3n) is 11.7. The molecule has 2 saturated heterocycles. The second-order valence-corrected chi connectivity index (χ2v) is 16.2. The summed E-state index contributed by atoms with van der Waals surface area (Å²) in [4.78, 5) is 74.6. The van der Waals surface area contributed by atoms with Crippen molar-refractivity contribution < 1.29 is 18.4 Å². The molecule has 328 valence electrons. The Hall–Kier alpha value is -7.38. The lowest BCUT2D eigenvalue weighted by Crippen LogP contribution is -2.59. The van der Waals surface area contributed by atoms with Crippen molar-refractivity contribution in [3.8, 4) is 23.3 Å². The van der Waals surface area contributed by atoms with Crippen molar-refractivity contribution in [3.63, 3.8) is 0 Å². The Morgan fingerprint density at radius 2 is 1.05 bits per heavy atom. The van der Waals surface area contributed by atoms with E-state index in [9.17, 15) is 18.4 Å². The van der Waals surface area contributed by atoms with Crippen LogP contribution < -0.4 is 30.2 Å². The first-order valence-corrected chi connectivity index (χ1v) is 21.1. The van der Waals surface area contributed by atoms with Crippen LogP contribution in [0.5, 0.6) is 0 Å². The van der Waals surface area contributed by atoms with Crippen molar-refractivity contribution in [2.75, 3.05) is 58.9 Å². The van der Waals surface area contributed by atoms with Gasteiger partial charge in [-0.15, -0.1) is 0 Å². The Morgan fingerprint density at radius 3 is 1.55 bits per heavy atom. The molecule has 10 heterocycles. The van der Waals surface area contributed by atoms with Crippen molar-refractivity contribution in [2.45, 2.75) is 64.7 Å². The minimum Gasteiger partial charge on any atom is -0.367 e. The molecule has 0 saturated carbocycles. The summed E-state index contributed by atoms with van der Waals surface area (Å²) in [5, 5.41) is 5.75. The third kappa shape index (κ3) is 8.93. The normalized spacial score (nSPS) is 18.2. The van der Waals surface area contributed by atoms with Crippen LogP contribution >= 0.6 is 0 Å². The third-order valence-corrected chi connectivity index (χ3v) is 11.7. The van der Waals surface area contributed by atoms with Gasteiger partial charge in [0.15, 0.2) is 23.3 Å². The molecule has 0 aliphatic carbocycles. The number of carbonyl (C=O) groups is 2. The maximum atomic E-state index is 14.5. The van der Waals surface area contributed by atoms with Crippen LogP contribution in [0, 0.1) is 11.8 Å². The van der Waals surface area contributed by atoms with Gasteiger partial charge in [-0.25, -0.2) is 54.2 Å². The number of hydrogen-bond acceptors (Lipinski definition) is 16. The van der Waals surface area contributed by atoms with E-state index in [0.29, 0.717) is 92.9 Å². The molecule has 20 heteroatoms. The SMILES string of the molecule is CC(=O)NC1CN(c2cc(F)cc(N3CCc4nc(-c5ncccn5)ncc4C3C)n2)C1.CC(=O)NC1CN(c2cc(F)nc(N3CCc4nc(-c5ncccn5)ncc4C3C)c2)C1. The fourth-order valence-electron chi connectivity index (χ4n) is 8.49. The summed E-state index contributed by atoms with van der Waals surface area (Å²) in [5.41, 5.74) is 4.63. The lowest BCUT2D eigenvalue weighted by atomic mass is 9.99. The predicted molar refractivity (Wildman–Crippen MR) is 233 cm³/mol. The van der Waals surface area contributed by atoms with Gasteiger partial charge in [0.2, 0.25) is 17.8 Å². The van der Waals surface area contributed by atoms with Crippen molar-refractivity contribution in [2.24, 2.45) is 0 Å². The highest BCUT2D eigenvalue weighted by Gasteiger charge is 2.33.